The number of nitrogen functional groups attached to an aromatic ring is 1. The van der Waals surface area contributed by atoms with Crippen LogP contribution in [0.3, 0.4) is 0 Å². The van der Waals surface area contributed by atoms with Gasteiger partial charge in [0.05, 0.1) is 18.9 Å². The first-order valence-corrected chi connectivity index (χ1v) is 11.3. The Morgan fingerprint density at radius 1 is 1.29 bits per heavy atom. The smallest absolute Gasteiger partial charge is 0.413 e. The van der Waals surface area contributed by atoms with Gasteiger partial charge in [-0.15, -0.1) is 0 Å². The lowest BCUT2D eigenvalue weighted by Crippen LogP contribution is -2.27. The van der Waals surface area contributed by atoms with Gasteiger partial charge in [-0.3, -0.25) is 5.32 Å². The van der Waals surface area contributed by atoms with Crippen molar-refractivity contribution in [3.8, 4) is 17.0 Å². The Morgan fingerprint density at radius 3 is 2.91 bits per heavy atom. The van der Waals surface area contributed by atoms with Crippen molar-refractivity contribution in [2.75, 3.05) is 42.7 Å². The third-order valence-corrected chi connectivity index (χ3v) is 6.22. The summed E-state index contributed by atoms with van der Waals surface area (Å²) in [4.78, 5) is 20.9. The van der Waals surface area contributed by atoms with Gasteiger partial charge in [0.25, 0.3) is 0 Å². The van der Waals surface area contributed by atoms with Gasteiger partial charge in [-0.2, -0.15) is 0 Å². The van der Waals surface area contributed by atoms with E-state index in [1.54, 1.807) is 18.3 Å². The molecule has 1 amide bonds. The van der Waals surface area contributed by atoms with E-state index in [9.17, 15) is 4.79 Å². The molecule has 2 aromatic heterocycles. The first-order chi connectivity index (χ1) is 16.5. The summed E-state index contributed by atoms with van der Waals surface area (Å²) in [5.74, 6) is 0.365. The van der Waals surface area contributed by atoms with Crippen molar-refractivity contribution in [3.05, 3.63) is 35.9 Å². The highest BCUT2D eigenvalue weighted by atomic mass is 19.1. The number of fused-ring (bicyclic) bond motifs is 2. The number of halogens is 1. The number of nitrogens with zero attached hydrogens (tertiary/aromatic N) is 2. The van der Waals surface area contributed by atoms with E-state index < -0.39 is 11.9 Å². The molecule has 3 aromatic rings. The van der Waals surface area contributed by atoms with E-state index in [0.29, 0.717) is 60.6 Å². The Labute approximate surface area is 195 Å². The number of anilines is 3. The summed E-state index contributed by atoms with van der Waals surface area (Å²) < 4.78 is 31.8. The molecule has 1 aromatic carbocycles. The van der Waals surface area contributed by atoms with E-state index in [1.165, 1.54) is 6.20 Å². The van der Waals surface area contributed by atoms with Gasteiger partial charge >= 0.3 is 6.09 Å². The van der Waals surface area contributed by atoms with Crippen LogP contribution in [0.5, 0.6) is 5.88 Å². The van der Waals surface area contributed by atoms with E-state index >= 15 is 4.39 Å². The van der Waals surface area contributed by atoms with E-state index in [-0.39, 0.29) is 23.5 Å². The summed E-state index contributed by atoms with van der Waals surface area (Å²) in [6, 6.07) is 3.33. The van der Waals surface area contributed by atoms with Crippen molar-refractivity contribution in [3.63, 3.8) is 0 Å². The molecule has 5 rings (SSSR count). The summed E-state index contributed by atoms with van der Waals surface area (Å²) in [5, 5.41) is 7.02. The first-order valence-electron chi connectivity index (χ1n) is 11.3. The predicted molar refractivity (Wildman–Crippen MR) is 127 cm³/mol. The summed E-state index contributed by atoms with van der Waals surface area (Å²) >= 11 is 0. The van der Waals surface area contributed by atoms with Crippen molar-refractivity contribution in [2.45, 2.75) is 26.4 Å². The molecule has 0 radical (unpaired) electrons. The number of hydrogen-bond donors (Lipinski definition) is 3. The van der Waals surface area contributed by atoms with Crippen LogP contribution in [0.2, 0.25) is 0 Å². The van der Waals surface area contributed by atoms with Crippen LogP contribution in [0.4, 0.5) is 26.4 Å². The molecule has 2 aliphatic rings. The van der Waals surface area contributed by atoms with Crippen molar-refractivity contribution < 1.29 is 23.4 Å². The number of pyridine rings is 2. The Bertz CT molecular complexity index is 1270. The van der Waals surface area contributed by atoms with Gasteiger partial charge in [-0.1, -0.05) is 13.8 Å². The first kappa shape index (κ1) is 22.1. The fourth-order valence-corrected chi connectivity index (χ4v) is 4.37. The predicted octanol–water partition coefficient (Wildman–Crippen LogP) is 3.97. The third-order valence-electron chi connectivity index (χ3n) is 6.22. The fraction of sp³-hybridized carbons (Fsp3) is 0.375. The topological polar surface area (TPSA) is 121 Å². The largest absolute Gasteiger partial charge is 0.474 e. The normalized spacial score (nSPS) is 19.3. The molecule has 0 aliphatic carbocycles. The summed E-state index contributed by atoms with van der Waals surface area (Å²) in [6.07, 6.45) is 2.76. The number of hydrogen-bond acceptors (Lipinski definition) is 8. The third kappa shape index (κ3) is 3.94. The molecule has 0 saturated carbocycles. The minimum Gasteiger partial charge on any atom is -0.474 e. The molecule has 10 heteroatoms. The average molecular weight is 468 g/mol. The molecular weight excluding hydrogens is 441 g/mol. The molecular formula is C24H26FN5O4. The average Bonchev–Trinajstić information content (AvgIpc) is 3.24. The summed E-state index contributed by atoms with van der Waals surface area (Å²) in [7, 11) is 0. The van der Waals surface area contributed by atoms with Crippen LogP contribution < -0.4 is 21.1 Å². The lowest BCUT2D eigenvalue weighted by molar-refractivity contribution is 0.0843. The monoisotopic (exact) mass is 467 g/mol. The zero-order valence-electron chi connectivity index (χ0n) is 19.0. The van der Waals surface area contributed by atoms with Crippen molar-refractivity contribution in [1.29, 1.82) is 0 Å². The maximum atomic E-state index is 15.4. The highest BCUT2D eigenvalue weighted by Gasteiger charge is 2.28. The zero-order chi connectivity index (χ0) is 23.8. The summed E-state index contributed by atoms with van der Waals surface area (Å²) in [6.45, 7) is 6.05. The van der Waals surface area contributed by atoms with Gasteiger partial charge in [0, 0.05) is 41.4 Å². The Kier molecular flexibility index (Phi) is 5.82. The minimum atomic E-state index is -0.622. The number of nitrogens with two attached hydrogens (primary N) is 1. The second-order valence-electron chi connectivity index (χ2n) is 8.49. The molecule has 1 saturated heterocycles. The molecule has 0 spiro atoms. The number of rotatable bonds is 4. The fourth-order valence-electron chi connectivity index (χ4n) is 4.37. The molecule has 4 N–H and O–H groups in total. The zero-order valence-corrected chi connectivity index (χ0v) is 19.0. The molecule has 2 atom stereocenters. The van der Waals surface area contributed by atoms with E-state index in [4.69, 9.17) is 19.9 Å². The number of amides is 1. The van der Waals surface area contributed by atoms with Crippen LogP contribution in [0, 0.1) is 11.7 Å². The number of ether oxygens (including phenoxy) is 3. The Balaban J connectivity index is 1.50. The second-order valence-corrected chi connectivity index (χ2v) is 8.49. The standard InChI is InChI=1S/C24H26FN5O4/c1-3-14-17(9-29-23-22(14)27-4-5-33-23)15-6-13-7-19(28-8-16(13)21(26)20(15)25)30-24(31)34-18-11-32-10-12(18)2/h6-9,12,18,27H,3-5,10-11,26H2,1-2H3,(H,28,30,31)/t12-,18+/m1/s1. The van der Waals surface area contributed by atoms with Crippen LogP contribution in [-0.4, -0.2) is 48.5 Å². The van der Waals surface area contributed by atoms with Gasteiger partial charge in [-0.05, 0) is 29.5 Å². The molecule has 1 fully saturated rings. The minimum absolute atomic E-state index is 0.0185. The number of nitrogens with one attached hydrogen (secondary N) is 2. The number of benzene rings is 1. The van der Waals surface area contributed by atoms with E-state index in [0.717, 1.165) is 11.3 Å². The maximum Gasteiger partial charge on any atom is 0.413 e. The van der Waals surface area contributed by atoms with Crippen molar-refractivity contribution in [1.82, 2.24) is 9.97 Å². The van der Waals surface area contributed by atoms with E-state index in [2.05, 4.69) is 20.6 Å². The van der Waals surface area contributed by atoms with Gasteiger partial charge in [-0.25, -0.2) is 19.2 Å². The van der Waals surface area contributed by atoms with Crippen LogP contribution >= 0.6 is 0 Å². The maximum absolute atomic E-state index is 15.4. The van der Waals surface area contributed by atoms with Crippen LogP contribution in [0.1, 0.15) is 19.4 Å². The molecule has 34 heavy (non-hydrogen) atoms. The van der Waals surface area contributed by atoms with Crippen molar-refractivity contribution >= 4 is 34.1 Å². The lowest BCUT2D eigenvalue weighted by atomic mass is 9.95. The second kappa shape index (κ2) is 8.94. The molecule has 4 heterocycles. The molecule has 2 aliphatic heterocycles. The van der Waals surface area contributed by atoms with Crippen LogP contribution in [0.25, 0.3) is 21.9 Å². The van der Waals surface area contributed by atoms with E-state index in [1.807, 2.05) is 13.8 Å². The van der Waals surface area contributed by atoms with Gasteiger partial charge in [0.1, 0.15) is 24.2 Å². The number of aromatic nitrogens is 2. The molecule has 9 nitrogen and oxygen atoms in total. The van der Waals surface area contributed by atoms with Crippen molar-refractivity contribution in [2.24, 2.45) is 5.92 Å². The van der Waals surface area contributed by atoms with Gasteiger partial charge in [0.15, 0.2) is 5.82 Å². The van der Waals surface area contributed by atoms with Crippen LogP contribution in [-0.2, 0) is 15.9 Å². The summed E-state index contributed by atoms with van der Waals surface area (Å²) in [5.41, 5.74) is 8.76. The quantitative estimate of drug-likeness (QED) is 0.493. The highest BCUT2D eigenvalue weighted by molar-refractivity contribution is 5.99. The Hall–Kier alpha value is -3.66. The van der Waals surface area contributed by atoms with Gasteiger partial charge < -0.3 is 25.3 Å². The molecule has 0 bridgehead atoms. The molecule has 0 unspecified atom stereocenters. The SMILES string of the molecule is CCc1c(-c2cc3cc(NC(=O)O[C@H]4COC[C@H]4C)ncc3c(N)c2F)cnc2c1NCCO2. The van der Waals surface area contributed by atoms with Crippen LogP contribution in [0.15, 0.2) is 24.5 Å². The highest BCUT2D eigenvalue weighted by Crippen LogP contribution is 2.40. The number of carbonyl (C=O) groups excluding carboxylic acids is 1. The van der Waals surface area contributed by atoms with Gasteiger partial charge in [0.2, 0.25) is 5.88 Å². The number of carbonyl (C=O) groups is 1. The molecule has 178 valence electrons. The Morgan fingerprint density at radius 2 is 2.15 bits per heavy atom. The lowest BCUT2D eigenvalue weighted by Gasteiger charge is -2.23.